The van der Waals surface area contributed by atoms with Gasteiger partial charge in [0.05, 0.1) is 19.1 Å². The Morgan fingerprint density at radius 2 is 1.83 bits per heavy atom. The second-order valence-electron chi connectivity index (χ2n) is 5.86. The van der Waals surface area contributed by atoms with Crippen molar-refractivity contribution in [2.45, 2.75) is 13.0 Å². The first-order valence-electron chi connectivity index (χ1n) is 8.44. The van der Waals surface area contributed by atoms with Crippen molar-refractivity contribution in [3.05, 3.63) is 64.0 Å². The predicted octanol–water partition coefficient (Wildman–Crippen LogP) is 3.58. The zero-order valence-electron chi connectivity index (χ0n) is 15.8. The number of aromatic nitrogens is 2. The second kappa shape index (κ2) is 8.38. The Balaban J connectivity index is 1.74. The Morgan fingerprint density at radius 3 is 2.45 bits per heavy atom. The van der Waals surface area contributed by atoms with Gasteiger partial charge in [0.25, 0.3) is 11.6 Å². The molecule has 0 aliphatic rings. The van der Waals surface area contributed by atoms with E-state index in [4.69, 9.17) is 18.6 Å². The summed E-state index contributed by atoms with van der Waals surface area (Å²) in [4.78, 5) is 22.7. The van der Waals surface area contributed by atoms with Crippen molar-refractivity contribution in [2.24, 2.45) is 0 Å². The van der Waals surface area contributed by atoms with E-state index in [-0.39, 0.29) is 23.0 Å². The van der Waals surface area contributed by atoms with Crippen molar-refractivity contribution < 1.29 is 28.3 Å². The second-order valence-corrected chi connectivity index (χ2v) is 5.86. The van der Waals surface area contributed by atoms with E-state index in [1.807, 2.05) is 0 Å². The van der Waals surface area contributed by atoms with Gasteiger partial charge in [-0.2, -0.15) is 0 Å². The van der Waals surface area contributed by atoms with Crippen LogP contribution in [0.5, 0.6) is 11.5 Å². The van der Waals surface area contributed by atoms with Crippen LogP contribution < -0.4 is 9.47 Å². The lowest BCUT2D eigenvalue weighted by molar-refractivity contribution is -0.384. The predicted molar refractivity (Wildman–Crippen MR) is 99.8 cm³/mol. The summed E-state index contributed by atoms with van der Waals surface area (Å²) in [7, 11) is 2.94. The van der Waals surface area contributed by atoms with Crippen LogP contribution in [-0.2, 0) is 4.74 Å². The van der Waals surface area contributed by atoms with E-state index in [9.17, 15) is 14.9 Å². The number of non-ortho nitro benzene ring substituents is 1. The van der Waals surface area contributed by atoms with Crippen LogP contribution in [0.15, 0.2) is 46.9 Å². The van der Waals surface area contributed by atoms with Gasteiger partial charge >= 0.3 is 5.97 Å². The summed E-state index contributed by atoms with van der Waals surface area (Å²) in [5.41, 5.74) is 0.671. The molecule has 0 amide bonds. The zero-order chi connectivity index (χ0) is 21.0. The van der Waals surface area contributed by atoms with Gasteiger partial charge in [-0.1, -0.05) is 0 Å². The number of benzene rings is 2. The van der Waals surface area contributed by atoms with Gasteiger partial charge < -0.3 is 18.6 Å². The molecule has 1 aromatic heterocycles. The van der Waals surface area contributed by atoms with Crippen LogP contribution >= 0.6 is 0 Å². The van der Waals surface area contributed by atoms with Gasteiger partial charge in [0.15, 0.2) is 6.10 Å². The van der Waals surface area contributed by atoms with Gasteiger partial charge in [-0.25, -0.2) is 4.79 Å². The molecule has 0 aliphatic carbocycles. The minimum Gasteiger partial charge on any atom is -0.497 e. The molecule has 29 heavy (non-hydrogen) atoms. The van der Waals surface area contributed by atoms with E-state index in [0.29, 0.717) is 17.1 Å². The quantitative estimate of drug-likeness (QED) is 0.333. The van der Waals surface area contributed by atoms with E-state index < -0.39 is 17.0 Å². The van der Waals surface area contributed by atoms with Crippen molar-refractivity contribution in [1.29, 1.82) is 0 Å². The minimum absolute atomic E-state index is 0.0516. The minimum atomic E-state index is -0.825. The lowest BCUT2D eigenvalue weighted by Gasteiger charge is -2.12. The van der Waals surface area contributed by atoms with Crippen molar-refractivity contribution in [1.82, 2.24) is 10.2 Å². The molecule has 0 spiro atoms. The number of esters is 1. The molecule has 3 aromatic rings. The fraction of sp³-hybridized carbons (Fsp3) is 0.211. The van der Waals surface area contributed by atoms with Crippen LogP contribution in [0.4, 0.5) is 5.69 Å². The molecule has 1 heterocycles. The number of nitro groups is 1. The highest BCUT2D eigenvalue weighted by atomic mass is 16.6. The Kier molecular flexibility index (Phi) is 5.72. The third-order valence-corrected chi connectivity index (χ3v) is 4.03. The fourth-order valence-corrected chi connectivity index (χ4v) is 2.48. The SMILES string of the molecule is COc1ccc(C(=O)O[C@@H](C)c2nnc(-c3ccc([N+](=O)[O-])cc3)o2)c(OC)c1. The van der Waals surface area contributed by atoms with Crippen LogP contribution in [0.3, 0.4) is 0 Å². The first kappa shape index (κ1) is 19.8. The number of nitrogens with zero attached hydrogens (tertiary/aromatic N) is 3. The molecule has 0 aliphatic heterocycles. The molecule has 0 fully saturated rings. The number of hydrogen-bond acceptors (Lipinski definition) is 9. The third-order valence-electron chi connectivity index (χ3n) is 4.03. The average molecular weight is 399 g/mol. The van der Waals surface area contributed by atoms with Crippen molar-refractivity contribution in [3.8, 4) is 23.0 Å². The molecular formula is C19H17N3O7. The smallest absolute Gasteiger partial charge is 0.342 e. The molecule has 0 saturated heterocycles. The average Bonchev–Trinajstić information content (AvgIpc) is 3.23. The zero-order valence-corrected chi connectivity index (χ0v) is 15.8. The van der Waals surface area contributed by atoms with Crippen LogP contribution in [0.2, 0.25) is 0 Å². The van der Waals surface area contributed by atoms with Crippen molar-refractivity contribution >= 4 is 11.7 Å². The summed E-state index contributed by atoms with van der Waals surface area (Å²) in [6.45, 7) is 1.58. The highest BCUT2D eigenvalue weighted by molar-refractivity contribution is 5.92. The van der Waals surface area contributed by atoms with E-state index in [1.165, 1.54) is 44.6 Å². The van der Waals surface area contributed by atoms with Gasteiger partial charge in [-0.15, -0.1) is 10.2 Å². The summed E-state index contributed by atoms with van der Waals surface area (Å²) in [6.07, 6.45) is -0.825. The van der Waals surface area contributed by atoms with Gasteiger partial charge in [-0.05, 0) is 31.2 Å². The molecule has 150 valence electrons. The number of rotatable bonds is 7. The maximum Gasteiger partial charge on any atom is 0.342 e. The summed E-state index contributed by atoms with van der Waals surface area (Å²) in [6, 6.07) is 10.4. The Hall–Kier alpha value is -3.95. The Labute approximate surface area is 165 Å². The highest BCUT2D eigenvalue weighted by Crippen LogP contribution is 2.28. The van der Waals surface area contributed by atoms with Crippen LogP contribution in [0, 0.1) is 10.1 Å². The van der Waals surface area contributed by atoms with Crippen molar-refractivity contribution in [3.63, 3.8) is 0 Å². The maximum absolute atomic E-state index is 12.5. The Morgan fingerprint density at radius 1 is 1.10 bits per heavy atom. The largest absolute Gasteiger partial charge is 0.497 e. The summed E-state index contributed by atoms with van der Waals surface area (Å²) < 4.78 is 21.2. The Bertz CT molecular complexity index is 1030. The van der Waals surface area contributed by atoms with Gasteiger partial charge in [0.2, 0.25) is 5.89 Å². The molecular weight excluding hydrogens is 382 g/mol. The molecule has 2 aromatic carbocycles. The van der Waals surface area contributed by atoms with Crippen molar-refractivity contribution in [2.75, 3.05) is 14.2 Å². The number of carbonyl (C=O) groups excluding carboxylic acids is 1. The highest BCUT2D eigenvalue weighted by Gasteiger charge is 2.22. The summed E-state index contributed by atoms with van der Waals surface area (Å²) in [5, 5.41) is 18.5. The first-order chi connectivity index (χ1) is 13.9. The molecule has 0 unspecified atom stereocenters. The molecule has 10 heteroatoms. The van der Waals surface area contributed by atoms with Crippen LogP contribution in [0.1, 0.15) is 29.3 Å². The fourth-order valence-electron chi connectivity index (χ4n) is 2.48. The number of ether oxygens (including phenoxy) is 3. The molecule has 1 atom stereocenters. The number of methoxy groups -OCH3 is 2. The standard InChI is InChI=1S/C19H17N3O7/c1-11(28-19(23)15-9-8-14(26-2)10-16(15)27-3)17-20-21-18(29-17)12-4-6-13(7-5-12)22(24)25/h4-11H,1-3H3/t11-/m0/s1. The topological polar surface area (TPSA) is 127 Å². The third kappa shape index (κ3) is 4.32. The lowest BCUT2D eigenvalue weighted by atomic mass is 10.2. The number of hydrogen-bond donors (Lipinski definition) is 0. The van der Waals surface area contributed by atoms with Crippen LogP contribution in [0.25, 0.3) is 11.5 Å². The summed E-state index contributed by atoms with van der Waals surface area (Å²) in [5.74, 6) is 0.445. The monoisotopic (exact) mass is 399 g/mol. The van der Waals surface area contributed by atoms with Crippen LogP contribution in [-0.4, -0.2) is 35.3 Å². The molecule has 0 saturated carbocycles. The molecule has 3 rings (SSSR count). The normalized spacial score (nSPS) is 11.6. The molecule has 10 nitrogen and oxygen atoms in total. The van der Waals surface area contributed by atoms with E-state index in [2.05, 4.69) is 10.2 Å². The first-order valence-corrected chi connectivity index (χ1v) is 8.44. The van der Waals surface area contributed by atoms with Gasteiger partial charge in [-0.3, -0.25) is 10.1 Å². The van der Waals surface area contributed by atoms with Gasteiger partial charge in [0, 0.05) is 23.8 Å². The number of carbonyl (C=O) groups is 1. The number of nitro benzene ring substituents is 1. The summed E-state index contributed by atoms with van der Waals surface area (Å²) >= 11 is 0. The lowest BCUT2D eigenvalue weighted by Crippen LogP contribution is -2.11. The van der Waals surface area contributed by atoms with E-state index in [1.54, 1.807) is 19.1 Å². The van der Waals surface area contributed by atoms with Gasteiger partial charge in [0.1, 0.15) is 17.1 Å². The maximum atomic E-state index is 12.5. The van der Waals surface area contributed by atoms with E-state index in [0.717, 1.165) is 0 Å². The molecule has 0 N–H and O–H groups in total. The molecule has 0 bridgehead atoms. The molecule has 0 radical (unpaired) electrons. The van der Waals surface area contributed by atoms with E-state index >= 15 is 0 Å².